The van der Waals surface area contributed by atoms with E-state index in [-0.39, 0.29) is 0 Å². The minimum atomic E-state index is 1.16. The van der Waals surface area contributed by atoms with Gasteiger partial charge in [-0.05, 0) is 156 Å². The van der Waals surface area contributed by atoms with Crippen LogP contribution >= 0.6 is 15.9 Å². The molecule has 0 saturated carbocycles. The van der Waals surface area contributed by atoms with Gasteiger partial charge in [-0.25, -0.2) is 0 Å². The van der Waals surface area contributed by atoms with Gasteiger partial charge in [0.2, 0.25) is 0 Å². The molecule has 0 spiro atoms. The Bertz CT molecular complexity index is 6510. The molecule has 0 atom stereocenters. The van der Waals surface area contributed by atoms with Gasteiger partial charge in [-0.3, -0.25) is 0 Å². The number of H-pyrrole nitrogens is 1. The summed E-state index contributed by atoms with van der Waals surface area (Å²) in [4.78, 5) is 3.72. The van der Waals surface area contributed by atoms with Crippen LogP contribution in [0.3, 0.4) is 0 Å². The smallest absolute Gasteiger partial charge is 0.0626 e. The van der Waals surface area contributed by atoms with Crippen molar-refractivity contribution in [2.24, 2.45) is 0 Å². The first-order valence-electron chi connectivity index (χ1n) is 33.2. The third-order valence-electron chi connectivity index (χ3n) is 20.5. The third kappa shape index (κ3) is 8.55. The fourth-order valence-electron chi connectivity index (χ4n) is 16.2. The second-order valence-corrected chi connectivity index (χ2v) is 26.5. The van der Waals surface area contributed by atoms with Gasteiger partial charge in [-0.15, -0.1) is 0 Å². The summed E-state index contributed by atoms with van der Waals surface area (Å²) in [5, 5.41) is 18.1. The lowest BCUT2D eigenvalue weighted by atomic mass is 9.98. The Morgan fingerprint density at radius 3 is 1.20 bits per heavy atom. The number of halogens is 1. The van der Waals surface area contributed by atoms with Crippen molar-refractivity contribution in [1.82, 2.24) is 18.7 Å². The second-order valence-electron chi connectivity index (χ2n) is 25.6. The lowest BCUT2D eigenvalue weighted by Gasteiger charge is -2.14. The van der Waals surface area contributed by atoms with Crippen LogP contribution < -0.4 is 0 Å². The Morgan fingerprint density at radius 1 is 0.247 bits per heavy atom. The van der Waals surface area contributed by atoms with Crippen LogP contribution in [-0.2, 0) is 0 Å². The lowest BCUT2D eigenvalue weighted by molar-refractivity contribution is 1.16. The van der Waals surface area contributed by atoms with E-state index in [0.717, 1.165) is 4.47 Å². The predicted molar refractivity (Wildman–Crippen MR) is 414 cm³/mol. The molecule has 452 valence electrons. The van der Waals surface area contributed by atoms with Crippen LogP contribution in [0.25, 0.3) is 193 Å². The molecular formula is C92H57BrN4. The summed E-state index contributed by atoms with van der Waals surface area (Å²) >= 11 is 3.50. The highest BCUT2D eigenvalue weighted by Gasteiger charge is 2.31. The van der Waals surface area contributed by atoms with Gasteiger partial charge in [-0.2, -0.15) is 0 Å². The molecule has 0 fully saturated rings. The highest BCUT2D eigenvalue weighted by atomic mass is 79.9. The summed E-state index contributed by atoms with van der Waals surface area (Å²) < 4.78 is 8.42. The Kier molecular flexibility index (Phi) is 12.5. The van der Waals surface area contributed by atoms with Crippen molar-refractivity contribution in [2.45, 2.75) is 0 Å². The van der Waals surface area contributed by atoms with Crippen LogP contribution in [0.2, 0.25) is 0 Å². The number of nitrogens with one attached hydrogen (secondary N) is 1. The van der Waals surface area contributed by atoms with Gasteiger partial charge >= 0.3 is 0 Å². The standard InChI is InChI=1S/C46H28N2.C36H22N2.C10H7Br/c1-2-14-34-30(10-1)11-9-21-40(34)48-43-27-24-32(28-39(43)45-37-17-7-12-31-13-8-18-38(44(31)37)46(45)48)29-22-25-33(26-23-29)47-41-19-5-3-15-35(41)36-16-4-6-20-42(36)47;1-3-13-32-26(9-1)27-10-2-4-14-33(27)38(32)25-18-15-22(16-19-25)24-17-20-31-30(21-24)35-28-11-5-7-23-8-6-12-29(34(23)28)36(35)37-31;11-10-7-3-5-8-4-1-2-6-9(8)10/h1-28H;1-21,37H;1-7H. The van der Waals surface area contributed by atoms with Crippen molar-refractivity contribution < 1.29 is 0 Å². The Hall–Kier alpha value is -12.3. The number of aromatic nitrogens is 4. The zero-order chi connectivity index (χ0) is 63.8. The Balaban J connectivity index is 0.000000116. The number of benzene rings is 16. The van der Waals surface area contributed by atoms with Crippen molar-refractivity contribution >= 4 is 124 Å². The first-order valence-corrected chi connectivity index (χ1v) is 34.0. The molecule has 1 N–H and O–H groups in total. The molecule has 0 bridgehead atoms. The van der Waals surface area contributed by atoms with Crippen molar-refractivity contribution in [3.8, 4) is 84.1 Å². The minimum absolute atomic E-state index is 1.16. The Labute approximate surface area is 567 Å². The van der Waals surface area contributed by atoms with Crippen LogP contribution in [0.15, 0.2) is 344 Å². The van der Waals surface area contributed by atoms with Crippen molar-refractivity contribution in [2.75, 3.05) is 0 Å². The maximum atomic E-state index is 3.72. The van der Waals surface area contributed by atoms with E-state index in [2.05, 4.69) is 362 Å². The summed E-state index contributed by atoms with van der Waals surface area (Å²) in [6.45, 7) is 0. The fourth-order valence-corrected chi connectivity index (χ4v) is 16.7. The van der Waals surface area contributed by atoms with Crippen LogP contribution in [0.1, 0.15) is 0 Å². The second kappa shape index (κ2) is 21.9. The number of hydrogen-bond donors (Lipinski definition) is 1. The minimum Gasteiger partial charge on any atom is -0.354 e. The van der Waals surface area contributed by atoms with Crippen LogP contribution in [0.4, 0.5) is 0 Å². The average molecular weight is 1300 g/mol. The Morgan fingerprint density at radius 2 is 0.639 bits per heavy atom. The quantitative estimate of drug-likeness (QED) is 0.178. The summed E-state index contributed by atoms with van der Waals surface area (Å²) in [6.07, 6.45) is 0. The van der Waals surface area contributed by atoms with Gasteiger partial charge in [0.1, 0.15) is 0 Å². The highest BCUT2D eigenvalue weighted by molar-refractivity contribution is 9.10. The molecule has 0 radical (unpaired) electrons. The SMILES string of the molecule is Brc1cccc2ccccc12.c1cc2c3c(cccc3c1)-c1c-2[nH]c2ccc(-c3ccc(-n4c5ccccc5c5ccccc54)cc3)cc12.c1ccc2c(-n3c4c(c5cc(-c6ccc(-n7c8ccccc8c8ccccc87)cc6)ccc53)-c3cccc5cccc-4c35)cccc2c1. The summed E-state index contributed by atoms with van der Waals surface area (Å²) in [5.74, 6) is 0. The zero-order valence-electron chi connectivity index (χ0n) is 52.6. The number of rotatable bonds is 5. The molecule has 0 unspecified atom stereocenters. The molecule has 16 aromatic carbocycles. The molecular weight excluding hydrogens is 1240 g/mol. The van der Waals surface area contributed by atoms with E-state index in [9.17, 15) is 0 Å². The summed E-state index contributed by atoms with van der Waals surface area (Å²) in [7, 11) is 0. The zero-order valence-corrected chi connectivity index (χ0v) is 54.1. The van der Waals surface area contributed by atoms with E-state index in [4.69, 9.17) is 0 Å². The molecule has 4 nitrogen and oxygen atoms in total. The topological polar surface area (TPSA) is 30.6 Å². The molecule has 2 aliphatic rings. The summed E-state index contributed by atoms with van der Waals surface area (Å²) in [5.41, 5.74) is 26.2. The van der Waals surface area contributed by atoms with Crippen molar-refractivity contribution in [3.63, 3.8) is 0 Å². The van der Waals surface area contributed by atoms with Crippen LogP contribution in [-0.4, -0.2) is 18.7 Å². The number of aromatic amines is 1. The van der Waals surface area contributed by atoms with Gasteiger partial charge in [-0.1, -0.05) is 271 Å². The molecule has 0 amide bonds. The molecule has 22 rings (SSSR count). The monoisotopic (exact) mass is 1300 g/mol. The fraction of sp³-hybridized carbons (Fsp3) is 0. The predicted octanol–water partition coefficient (Wildman–Crippen LogP) is 25.7. The van der Waals surface area contributed by atoms with Gasteiger partial charge < -0.3 is 18.7 Å². The van der Waals surface area contributed by atoms with Crippen molar-refractivity contribution in [1.29, 1.82) is 0 Å². The maximum Gasteiger partial charge on any atom is 0.0626 e. The number of nitrogens with zero attached hydrogens (tertiary/aromatic N) is 3. The average Bonchev–Trinajstić information content (AvgIpc) is 1.54. The van der Waals surface area contributed by atoms with E-state index in [1.54, 1.807) is 0 Å². The van der Waals surface area contributed by atoms with Gasteiger partial charge in [0.05, 0.1) is 44.7 Å². The highest BCUT2D eigenvalue weighted by Crippen LogP contribution is 2.54. The van der Waals surface area contributed by atoms with E-state index < -0.39 is 0 Å². The van der Waals surface area contributed by atoms with Gasteiger partial charge in [0.15, 0.2) is 0 Å². The molecule has 0 saturated heterocycles. The van der Waals surface area contributed by atoms with Crippen LogP contribution in [0.5, 0.6) is 0 Å². The van der Waals surface area contributed by atoms with E-state index >= 15 is 0 Å². The van der Waals surface area contributed by atoms with E-state index in [0.29, 0.717) is 0 Å². The summed E-state index contributed by atoms with van der Waals surface area (Å²) in [6, 6.07) is 123. The van der Waals surface area contributed by atoms with Crippen LogP contribution in [0, 0.1) is 0 Å². The third-order valence-corrected chi connectivity index (χ3v) is 21.2. The molecule has 0 aliphatic heterocycles. The van der Waals surface area contributed by atoms with E-state index in [1.807, 2.05) is 12.1 Å². The molecule has 4 aromatic heterocycles. The molecule has 20 aromatic rings. The normalized spacial score (nSPS) is 12.0. The van der Waals surface area contributed by atoms with Crippen molar-refractivity contribution in [3.05, 3.63) is 344 Å². The van der Waals surface area contributed by atoms with Gasteiger partial charge in [0, 0.05) is 81.3 Å². The number of para-hydroxylation sites is 4. The number of fused-ring (bicyclic) bond motifs is 18. The van der Waals surface area contributed by atoms with Gasteiger partial charge in [0.25, 0.3) is 0 Å². The first kappa shape index (κ1) is 55.2. The molecule has 4 heterocycles. The largest absolute Gasteiger partial charge is 0.354 e. The first-order chi connectivity index (χ1) is 48.1. The maximum absolute atomic E-state index is 3.72. The molecule has 5 heteroatoms. The van der Waals surface area contributed by atoms with E-state index in [1.165, 1.54) is 193 Å². The molecule has 2 aliphatic carbocycles. The lowest BCUT2D eigenvalue weighted by Crippen LogP contribution is -1.97. The number of hydrogen-bond acceptors (Lipinski definition) is 0. The molecule has 97 heavy (non-hydrogen) atoms.